The fourth-order valence-corrected chi connectivity index (χ4v) is 1.26. The summed E-state index contributed by atoms with van der Waals surface area (Å²) < 4.78 is 37.3. The van der Waals surface area contributed by atoms with Gasteiger partial charge in [-0.25, -0.2) is 0 Å². The van der Waals surface area contributed by atoms with Crippen LogP contribution in [0.1, 0.15) is 31.0 Å². The van der Waals surface area contributed by atoms with Gasteiger partial charge in [-0.3, -0.25) is 0 Å². The molecule has 0 spiro atoms. The van der Waals surface area contributed by atoms with E-state index in [0.29, 0.717) is 0 Å². The summed E-state index contributed by atoms with van der Waals surface area (Å²) in [6.45, 7) is 3.58. The number of aromatic amines is 1. The van der Waals surface area contributed by atoms with Crippen molar-refractivity contribution in [2.75, 3.05) is 0 Å². The van der Waals surface area contributed by atoms with Gasteiger partial charge in [0.05, 0.1) is 5.56 Å². The number of nitrogens with one attached hydrogen (secondary N) is 1. The Morgan fingerprint density at radius 2 is 1.86 bits per heavy atom. The van der Waals surface area contributed by atoms with E-state index in [1.165, 1.54) is 6.20 Å². The van der Waals surface area contributed by atoms with Crippen LogP contribution in [-0.4, -0.2) is 4.98 Å². The molecule has 1 heterocycles. The Kier molecular flexibility index (Phi) is 2.89. The van der Waals surface area contributed by atoms with Crippen molar-refractivity contribution in [2.45, 2.75) is 26.1 Å². The molecular weight excluding hydrogens is 193 g/mol. The van der Waals surface area contributed by atoms with E-state index in [2.05, 4.69) is 4.98 Å². The van der Waals surface area contributed by atoms with Crippen molar-refractivity contribution in [3.63, 3.8) is 0 Å². The lowest BCUT2D eigenvalue weighted by Gasteiger charge is -2.17. The minimum absolute atomic E-state index is 0.0214. The molecule has 0 amide bonds. The molecule has 0 aromatic carbocycles. The summed E-state index contributed by atoms with van der Waals surface area (Å²) in [4.78, 5) is 2.44. The van der Waals surface area contributed by atoms with Gasteiger partial charge in [0.25, 0.3) is 0 Å². The first-order chi connectivity index (χ1) is 6.34. The second-order valence-corrected chi connectivity index (χ2v) is 3.59. The van der Waals surface area contributed by atoms with E-state index in [1.807, 2.05) is 0 Å². The molecule has 0 bridgehead atoms. The third kappa shape index (κ3) is 2.09. The topological polar surface area (TPSA) is 41.8 Å². The quantitative estimate of drug-likeness (QED) is 0.767. The van der Waals surface area contributed by atoms with Crippen LogP contribution in [0.4, 0.5) is 13.2 Å². The van der Waals surface area contributed by atoms with E-state index in [1.54, 1.807) is 13.8 Å². The largest absolute Gasteiger partial charge is 0.418 e. The Bertz CT molecular complexity index is 301. The molecule has 80 valence electrons. The predicted octanol–water partition coefficient (Wildman–Crippen LogP) is 2.69. The van der Waals surface area contributed by atoms with Gasteiger partial charge in [-0.1, -0.05) is 13.8 Å². The standard InChI is InChI=1S/C9H13F3N2/c1-5(2)8(13)6-3-14-4-7(6)9(10,11)12/h3-5,8,14H,13H2,1-2H3. The number of alkyl halides is 3. The molecule has 1 aromatic heterocycles. The van der Waals surface area contributed by atoms with Crippen molar-refractivity contribution in [3.8, 4) is 0 Å². The van der Waals surface area contributed by atoms with Crippen molar-refractivity contribution in [2.24, 2.45) is 11.7 Å². The summed E-state index contributed by atoms with van der Waals surface area (Å²) in [6.07, 6.45) is -2.08. The highest BCUT2D eigenvalue weighted by molar-refractivity contribution is 5.29. The molecule has 14 heavy (non-hydrogen) atoms. The molecule has 1 rings (SSSR count). The van der Waals surface area contributed by atoms with Crippen molar-refractivity contribution >= 4 is 0 Å². The number of halogens is 3. The highest BCUT2D eigenvalue weighted by Gasteiger charge is 2.35. The number of rotatable bonds is 2. The average molecular weight is 206 g/mol. The Morgan fingerprint density at radius 1 is 1.29 bits per heavy atom. The maximum Gasteiger partial charge on any atom is 0.418 e. The van der Waals surface area contributed by atoms with Gasteiger partial charge in [-0.15, -0.1) is 0 Å². The van der Waals surface area contributed by atoms with Gasteiger partial charge in [-0.2, -0.15) is 13.2 Å². The highest BCUT2D eigenvalue weighted by Crippen LogP contribution is 2.35. The lowest BCUT2D eigenvalue weighted by molar-refractivity contribution is -0.138. The molecule has 5 heteroatoms. The lowest BCUT2D eigenvalue weighted by Crippen LogP contribution is -2.20. The molecule has 0 aliphatic rings. The third-order valence-corrected chi connectivity index (χ3v) is 2.16. The Hall–Kier alpha value is -0.970. The van der Waals surface area contributed by atoms with Crippen LogP contribution in [0.3, 0.4) is 0 Å². The number of hydrogen-bond acceptors (Lipinski definition) is 1. The fraction of sp³-hybridized carbons (Fsp3) is 0.556. The maximum atomic E-state index is 12.4. The SMILES string of the molecule is CC(C)C(N)c1c[nH]cc1C(F)(F)F. The van der Waals surface area contributed by atoms with E-state index in [9.17, 15) is 13.2 Å². The van der Waals surface area contributed by atoms with Gasteiger partial charge in [0.15, 0.2) is 0 Å². The fourth-order valence-electron chi connectivity index (χ4n) is 1.26. The summed E-state index contributed by atoms with van der Waals surface area (Å²) in [6, 6.07) is -0.585. The van der Waals surface area contributed by atoms with E-state index in [0.717, 1.165) is 6.20 Å². The molecule has 1 aromatic rings. The monoisotopic (exact) mass is 206 g/mol. The van der Waals surface area contributed by atoms with Crippen LogP contribution in [0.15, 0.2) is 12.4 Å². The molecule has 2 nitrogen and oxygen atoms in total. The second-order valence-electron chi connectivity index (χ2n) is 3.59. The van der Waals surface area contributed by atoms with E-state index < -0.39 is 17.8 Å². The first kappa shape index (κ1) is 11.1. The molecular formula is C9H13F3N2. The molecule has 1 atom stereocenters. The summed E-state index contributed by atoms with van der Waals surface area (Å²) in [5.41, 5.74) is 5.12. The molecule has 0 radical (unpaired) electrons. The van der Waals surface area contributed by atoms with Crippen molar-refractivity contribution in [3.05, 3.63) is 23.5 Å². The number of nitrogens with two attached hydrogens (primary N) is 1. The van der Waals surface area contributed by atoms with Crippen LogP contribution in [0.2, 0.25) is 0 Å². The zero-order valence-electron chi connectivity index (χ0n) is 8.02. The zero-order chi connectivity index (χ0) is 10.9. The van der Waals surface area contributed by atoms with Gasteiger partial charge in [-0.05, 0) is 11.5 Å². The Labute approximate surface area is 80.3 Å². The zero-order valence-corrected chi connectivity index (χ0v) is 8.02. The van der Waals surface area contributed by atoms with E-state index in [4.69, 9.17) is 5.73 Å². The minimum Gasteiger partial charge on any atom is -0.367 e. The van der Waals surface area contributed by atoms with Crippen LogP contribution in [0.25, 0.3) is 0 Å². The van der Waals surface area contributed by atoms with E-state index >= 15 is 0 Å². The maximum absolute atomic E-state index is 12.4. The molecule has 0 aliphatic heterocycles. The van der Waals surface area contributed by atoms with Crippen molar-refractivity contribution < 1.29 is 13.2 Å². The third-order valence-electron chi connectivity index (χ3n) is 2.16. The van der Waals surface area contributed by atoms with Crippen LogP contribution in [0.5, 0.6) is 0 Å². The minimum atomic E-state index is -4.33. The molecule has 0 fully saturated rings. The summed E-state index contributed by atoms with van der Waals surface area (Å²) in [5.74, 6) is -0.0214. The summed E-state index contributed by atoms with van der Waals surface area (Å²) in [5, 5.41) is 0. The first-order valence-electron chi connectivity index (χ1n) is 4.33. The number of aromatic nitrogens is 1. The average Bonchev–Trinajstić information content (AvgIpc) is 2.48. The van der Waals surface area contributed by atoms with Gasteiger partial charge < -0.3 is 10.7 Å². The van der Waals surface area contributed by atoms with Crippen LogP contribution in [-0.2, 0) is 6.18 Å². The normalized spacial score (nSPS) is 14.8. The van der Waals surface area contributed by atoms with Crippen molar-refractivity contribution in [1.29, 1.82) is 0 Å². The molecule has 3 N–H and O–H groups in total. The number of H-pyrrole nitrogens is 1. The highest BCUT2D eigenvalue weighted by atomic mass is 19.4. The van der Waals surface area contributed by atoms with E-state index in [-0.39, 0.29) is 11.5 Å². The Balaban J connectivity index is 3.05. The molecule has 1 unspecified atom stereocenters. The lowest BCUT2D eigenvalue weighted by atomic mass is 9.96. The molecule has 0 aliphatic carbocycles. The van der Waals surface area contributed by atoms with Crippen LogP contribution in [0, 0.1) is 5.92 Å². The number of hydrogen-bond donors (Lipinski definition) is 2. The van der Waals surface area contributed by atoms with Gasteiger partial charge in [0.2, 0.25) is 0 Å². The smallest absolute Gasteiger partial charge is 0.367 e. The summed E-state index contributed by atoms with van der Waals surface area (Å²) in [7, 11) is 0. The molecule has 0 saturated heterocycles. The molecule has 0 saturated carbocycles. The van der Waals surface area contributed by atoms with Crippen LogP contribution >= 0.6 is 0 Å². The second kappa shape index (κ2) is 3.65. The van der Waals surface area contributed by atoms with Gasteiger partial charge >= 0.3 is 6.18 Å². The summed E-state index contributed by atoms with van der Waals surface area (Å²) >= 11 is 0. The van der Waals surface area contributed by atoms with Crippen molar-refractivity contribution in [1.82, 2.24) is 4.98 Å². The first-order valence-corrected chi connectivity index (χ1v) is 4.33. The van der Waals surface area contributed by atoms with Gasteiger partial charge in [0.1, 0.15) is 0 Å². The Morgan fingerprint density at radius 3 is 2.29 bits per heavy atom. The predicted molar refractivity (Wildman–Crippen MR) is 47.6 cm³/mol. The van der Waals surface area contributed by atoms with Gasteiger partial charge in [0, 0.05) is 18.4 Å². The van der Waals surface area contributed by atoms with Crippen LogP contribution < -0.4 is 5.73 Å².